The number of hydrogen-bond donors (Lipinski definition) is 2. The molecule has 0 rings (SSSR count). The van der Waals surface area contributed by atoms with E-state index in [2.05, 4.69) is 0 Å². The summed E-state index contributed by atoms with van der Waals surface area (Å²) in [6, 6.07) is 0. The highest BCUT2D eigenvalue weighted by Crippen LogP contribution is 1.81. The molecule has 0 saturated heterocycles. The predicted molar refractivity (Wildman–Crippen MR) is 36.2 cm³/mol. The molecule has 0 aromatic heterocycles. The van der Waals surface area contributed by atoms with E-state index in [1.165, 1.54) is 0 Å². The van der Waals surface area contributed by atoms with Crippen LogP contribution in [0.15, 0.2) is 12.2 Å². The fourth-order valence-electron chi connectivity index (χ4n) is 0.328. The maximum absolute atomic E-state index is 7.10. The minimum absolute atomic E-state index is 0.530. The first-order chi connectivity index (χ1) is 3.81. The van der Waals surface area contributed by atoms with E-state index >= 15 is 0 Å². The summed E-state index contributed by atoms with van der Waals surface area (Å²) in [4.78, 5) is 0. The third-order valence-corrected chi connectivity index (χ3v) is 0.836. The summed E-state index contributed by atoms with van der Waals surface area (Å²) in [6.45, 7) is 2.48. The molecule has 0 aromatic rings. The van der Waals surface area contributed by atoms with Gasteiger partial charge in [0.2, 0.25) is 0 Å². The lowest BCUT2D eigenvalue weighted by molar-refractivity contribution is 1.23. The van der Waals surface area contributed by atoms with Crippen molar-refractivity contribution in [3.05, 3.63) is 12.2 Å². The first-order valence-electron chi connectivity index (χ1n) is 2.75. The molecule has 3 N–H and O–H groups in total. The van der Waals surface area contributed by atoms with Gasteiger partial charge < -0.3 is 11.1 Å². The Morgan fingerprint density at radius 1 is 1.75 bits per heavy atom. The Bertz CT molecular complexity index is 94.7. The van der Waals surface area contributed by atoms with Gasteiger partial charge in [0.15, 0.2) is 0 Å². The lowest BCUT2D eigenvalue weighted by Crippen LogP contribution is -1.94. The average molecular weight is 112 g/mol. The topological polar surface area (TPSA) is 49.9 Å². The Labute approximate surface area is 49.9 Å². The van der Waals surface area contributed by atoms with Crippen molar-refractivity contribution >= 4 is 5.71 Å². The number of hydrogen-bond acceptors (Lipinski definition) is 2. The van der Waals surface area contributed by atoms with Gasteiger partial charge in [-0.05, 0) is 12.5 Å². The molecule has 0 spiro atoms. The van der Waals surface area contributed by atoms with Gasteiger partial charge in [0.05, 0.1) is 0 Å². The van der Waals surface area contributed by atoms with E-state index in [4.69, 9.17) is 11.1 Å². The largest absolute Gasteiger partial charge is 0.327 e. The molecule has 46 valence electrons. The Morgan fingerprint density at radius 2 is 2.38 bits per heavy atom. The molecule has 0 aliphatic heterocycles. The van der Waals surface area contributed by atoms with E-state index in [1.54, 1.807) is 12.2 Å². The predicted octanol–water partition coefficient (Wildman–Crippen LogP) is 0.931. The molecule has 0 fully saturated rings. The molecule has 0 atom stereocenters. The monoisotopic (exact) mass is 112 g/mol. The lowest BCUT2D eigenvalue weighted by atomic mass is 10.3. The van der Waals surface area contributed by atoms with Crippen LogP contribution in [0.25, 0.3) is 0 Å². The van der Waals surface area contributed by atoms with Crippen molar-refractivity contribution in [3.8, 4) is 0 Å². The van der Waals surface area contributed by atoms with Gasteiger partial charge in [0.25, 0.3) is 0 Å². The molecule has 0 aliphatic carbocycles. The van der Waals surface area contributed by atoms with Gasteiger partial charge in [-0.15, -0.1) is 0 Å². The summed E-state index contributed by atoms with van der Waals surface area (Å²) in [7, 11) is 0. The number of nitrogens with one attached hydrogen (secondary N) is 1. The quantitative estimate of drug-likeness (QED) is 0.524. The van der Waals surface area contributed by atoms with Gasteiger partial charge >= 0.3 is 0 Å². The van der Waals surface area contributed by atoms with Crippen molar-refractivity contribution in [2.75, 3.05) is 6.54 Å². The summed E-state index contributed by atoms with van der Waals surface area (Å²) in [6.07, 6.45) is 4.31. The van der Waals surface area contributed by atoms with Crippen molar-refractivity contribution in [2.24, 2.45) is 5.73 Å². The van der Waals surface area contributed by atoms with Crippen LogP contribution in [0.3, 0.4) is 0 Å². The van der Waals surface area contributed by atoms with Gasteiger partial charge in [-0.2, -0.15) is 0 Å². The van der Waals surface area contributed by atoms with E-state index in [1.807, 2.05) is 6.92 Å². The summed E-state index contributed by atoms with van der Waals surface area (Å²) in [5.74, 6) is 0. The Morgan fingerprint density at radius 3 is 2.75 bits per heavy atom. The van der Waals surface area contributed by atoms with E-state index < -0.39 is 0 Å². The molecular formula is C6H12N2. The van der Waals surface area contributed by atoms with Crippen LogP contribution in [0.5, 0.6) is 0 Å². The SMILES string of the molecule is CCC(=N)/C=C\CN. The summed E-state index contributed by atoms with van der Waals surface area (Å²) >= 11 is 0. The third kappa shape index (κ3) is 3.56. The molecule has 0 radical (unpaired) electrons. The van der Waals surface area contributed by atoms with Crippen LogP contribution in [0.1, 0.15) is 13.3 Å². The summed E-state index contributed by atoms with van der Waals surface area (Å²) in [5.41, 5.74) is 5.78. The van der Waals surface area contributed by atoms with E-state index in [0.717, 1.165) is 6.42 Å². The van der Waals surface area contributed by atoms with Crippen molar-refractivity contribution in [3.63, 3.8) is 0 Å². The summed E-state index contributed by atoms with van der Waals surface area (Å²) < 4.78 is 0. The highest BCUT2D eigenvalue weighted by Gasteiger charge is 1.79. The van der Waals surface area contributed by atoms with Crippen molar-refractivity contribution in [1.82, 2.24) is 0 Å². The van der Waals surface area contributed by atoms with Gasteiger partial charge in [-0.3, -0.25) is 0 Å². The highest BCUT2D eigenvalue weighted by molar-refractivity contribution is 5.91. The van der Waals surface area contributed by atoms with Gasteiger partial charge in [0.1, 0.15) is 0 Å². The molecule has 8 heavy (non-hydrogen) atoms. The Hall–Kier alpha value is -0.630. The van der Waals surface area contributed by atoms with E-state index in [9.17, 15) is 0 Å². The van der Waals surface area contributed by atoms with Crippen molar-refractivity contribution in [2.45, 2.75) is 13.3 Å². The molecule has 2 nitrogen and oxygen atoms in total. The molecule has 0 aromatic carbocycles. The first kappa shape index (κ1) is 7.37. The number of allylic oxidation sites excluding steroid dienone is 1. The number of rotatable bonds is 3. The second kappa shape index (κ2) is 4.53. The highest BCUT2D eigenvalue weighted by atomic mass is 14.5. The second-order valence-electron chi connectivity index (χ2n) is 1.52. The molecular weight excluding hydrogens is 100 g/mol. The smallest absolute Gasteiger partial charge is 0.0308 e. The Kier molecular flexibility index (Phi) is 4.17. The molecule has 0 saturated carbocycles. The number of nitrogens with two attached hydrogens (primary N) is 1. The molecule has 0 amide bonds. The van der Waals surface area contributed by atoms with Crippen LogP contribution < -0.4 is 5.73 Å². The zero-order valence-electron chi connectivity index (χ0n) is 5.15. The standard InChI is InChI=1S/C6H12N2/c1-2-6(8)4-3-5-7/h3-4,8H,2,5,7H2,1H3/b4-3-,8-6?. The second-order valence-corrected chi connectivity index (χ2v) is 1.52. The van der Waals surface area contributed by atoms with Gasteiger partial charge in [0, 0.05) is 12.3 Å². The van der Waals surface area contributed by atoms with Crippen LogP contribution in [0.2, 0.25) is 0 Å². The van der Waals surface area contributed by atoms with Gasteiger partial charge in [-0.25, -0.2) is 0 Å². The summed E-state index contributed by atoms with van der Waals surface area (Å²) in [5, 5.41) is 7.10. The molecule has 0 aliphatic rings. The van der Waals surface area contributed by atoms with Crippen LogP contribution in [-0.2, 0) is 0 Å². The van der Waals surface area contributed by atoms with Crippen molar-refractivity contribution < 1.29 is 0 Å². The molecule has 0 unspecified atom stereocenters. The lowest BCUT2D eigenvalue weighted by Gasteiger charge is -1.85. The maximum atomic E-state index is 7.10. The average Bonchev–Trinajstić information content (AvgIpc) is 1.83. The fraction of sp³-hybridized carbons (Fsp3) is 0.500. The zero-order valence-corrected chi connectivity index (χ0v) is 5.15. The minimum Gasteiger partial charge on any atom is -0.327 e. The van der Waals surface area contributed by atoms with Gasteiger partial charge in [-0.1, -0.05) is 13.0 Å². The van der Waals surface area contributed by atoms with Crippen LogP contribution in [0.4, 0.5) is 0 Å². The maximum Gasteiger partial charge on any atom is 0.0308 e. The minimum atomic E-state index is 0.530. The van der Waals surface area contributed by atoms with Crippen LogP contribution in [0, 0.1) is 5.41 Å². The van der Waals surface area contributed by atoms with Crippen LogP contribution in [-0.4, -0.2) is 12.3 Å². The zero-order chi connectivity index (χ0) is 6.41. The van der Waals surface area contributed by atoms with E-state index in [-0.39, 0.29) is 0 Å². The first-order valence-corrected chi connectivity index (χ1v) is 2.75. The van der Waals surface area contributed by atoms with E-state index in [0.29, 0.717) is 12.3 Å². The molecule has 0 bridgehead atoms. The van der Waals surface area contributed by atoms with Crippen molar-refractivity contribution in [1.29, 1.82) is 5.41 Å². The third-order valence-electron chi connectivity index (χ3n) is 0.836. The normalized spacial score (nSPS) is 10.2. The fourth-order valence-corrected chi connectivity index (χ4v) is 0.328. The molecule has 0 heterocycles. The van der Waals surface area contributed by atoms with Crippen LogP contribution >= 0.6 is 0 Å². The Balaban J connectivity index is 3.37. The molecule has 2 heteroatoms.